The van der Waals surface area contributed by atoms with Gasteiger partial charge in [0.25, 0.3) is 11.8 Å². The Morgan fingerprint density at radius 3 is 1.25 bits per heavy atom. The van der Waals surface area contributed by atoms with Gasteiger partial charge in [-0.05, 0) is 132 Å². The highest BCUT2D eigenvalue weighted by molar-refractivity contribution is 6.05. The fourth-order valence-electron chi connectivity index (χ4n) is 5.24. The maximum absolute atomic E-state index is 12.6. The Morgan fingerprint density at radius 1 is 0.482 bits per heavy atom. The number of nitrogens with one attached hydrogen (secondary N) is 2. The van der Waals surface area contributed by atoms with Gasteiger partial charge in [0.15, 0.2) is 0 Å². The lowest BCUT2D eigenvalue weighted by Crippen LogP contribution is -2.12. The summed E-state index contributed by atoms with van der Waals surface area (Å²) in [4.78, 5) is 47.9. The topological polar surface area (TPSA) is 129 Å². The van der Waals surface area contributed by atoms with Crippen LogP contribution in [0.15, 0.2) is 146 Å². The zero-order valence-electron chi connectivity index (χ0n) is 30.5. The van der Waals surface area contributed by atoms with E-state index in [0.29, 0.717) is 58.5 Å². The molecule has 0 saturated heterocycles. The van der Waals surface area contributed by atoms with E-state index >= 15 is 0 Å². The molecule has 2 amide bonds. The molecule has 10 nitrogen and oxygen atoms in total. The maximum atomic E-state index is 12.6. The van der Waals surface area contributed by atoms with Crippen molar-refractivity contribution in [3.05, 3.63) is 185 Å². The number of benzene rings is 6. The third kappa shape index (κ3) is 10.9. The van der Waals surface area contributed by atoms with Crippen molar-refractivity contribution in [2.45, 2.75) is 20.1 Å². The van der Waals surface area contributed by atoms with Gasteiger partial charge in [-0.3, -0.25) is 14.4 Å². The number of methoxy groups -OCH3 is 1. The molecule has 0 aliphatic carbocycles. The summed E-state index contributed by atoms with van der Waals surface area (Å²) in [5.74, 6) is 6.69. The summed E-state index contributed by atoms with van der Waals surface area (Å²) < 4.78 is 21.6. The van der Waals surface area contributed by atoms with Gasteiger partial charge >= 0.3 is 11.9 Å². The summed E-state index contributed by atoms with van der Waals surface area (Å²) in [7, 11) is 1.31. The Labute approximate surface area is 324 Å². The van der Waals surface area contributed by atoms with Crippen LogP contribution in [0.3, 0.4) is 0 Å². The van der Waals surface area contributed by atoms with Gasteiger partial charge in [0.1, 0.15) is 30.5 Å². The summed E-state index contributed by atoms with van der Waals surface area (Å²) in [5, 5.41) is 5.70. The van der Waals surface area contributed by atoms with Gasteiger partial charge in [0, 0.05) is 40.6 Å². The summed E-state index contributed by atoms with van der Waals surface area (Å²) in [6, 6.07) is 42.4. The standard InChI is InChI=1S/C46H36N2O8/c1-31(49)56-43-27-17-37(18-28-43)45(51)48-40-21-7-35(8-22-40)30-55-42-25-11-33(12-26-42)4-3-32-9-23-41(24-10-32)54-29-34-5-19-39(20-6-34)47-44(50)36-13-15-38(16-14-36)46(52)53-2/h5-28H,29-30H2,1-2H3,(H,47,50)(H,48,51). The molecule has 0 saturated carbocycles. The lowest BCUT2D eigenvalue weighted by atomic mass is 10.1. The fourth-order valence-corrected chi connectivity index (χ4v) is 5.24. The molecule has 0 heterocycles. The van der Waals surface area contributed by atoms with Crippen LogP contribution in [0.2, 0.25) is 0 Å². The summed E-state index contributed by atoms with van der Waals surface area (Å²) in [6.45, 7) is 2.02. The van der Waals surface area contributed by atoms with Crippen LogP contribution in [0, 0.1) is 11.8 Å². The summed E-state index contributed by atoms with van der Waals surface area (Å²) in [5.41, 5.74) is 6.07. The first-order chi connectivity index (χ1) is 27.2. The first-order valence-corrected chi connectivity index (χ1v) is 17.5. The Bertz CT molecular complexity index is 2360. The average molecular weight is 745 g/mol. The van der Waals surface area contributed by atoms with Crippen molar-refractivity contribution in [3.63, 3.8) is 0 Å². The Kier molecular flexibility index (Phi) is 12.5. The minimum Gasteiger partial charge on any atom is -0.489 e. The normalized spacial score (nSPS) is 10.2. The van der Waals surface area contributed by atoms with Gasteiger partial charge in [-0.2, -0.15) is 0 Å². The summed E-state index contributed by atoms with van der Waals surface area (Å²) >= 11 is 0. The predicted molar refractivity (Wildman–Crippen MR) is 212 cm³/mol. The molecule has 6 rings (SSSR count). The van der Waals surface area contributed by atoms with Gasteiger partial charge in [-0.25, -0.2) is 4.79 Å². The number of esters is 2. The third-order valence-electron chi connectivity index (χ3n) is 8.24. The van der Waals surface area contributed by atoms with E-state index in [9.17, 15) is 19.2 Å². The number of rotatable bonds is 12. The second-order valence-electron chi connectivity index (χ2n) is 12.4. The van der Waals surface area contributed by atoms with Gasteiger partial charge in [-0.1, -0.05) is 36.1 Å². The number of carbonyl (C=O) groups excluding carboxylic acids is 4. The molecule has 56 heavy (non-hydrogen) atoms. The number of hydrogen-bond acceptors (Lipinski definition) is 8. The van der Waals surface area contributed by atoms with E-state index in [1.807, 2.05) is 84.9 Å². The number of hydrogen-bond donors (Lipinski definition) is 2. The smallest absolute Gasteiger partial charge is 0.337 e. The van der Waals surface area contributed by atoms with Gasteiger partial charge in [-0.15, -0.1) is 0 Å². The number of carbonyl (C=O) groups is 4. The first-order valence-electron chi connectivity index (χ1n) is 17.5. The third-order valence-corrected chi connectivity index (χ3v) is 8.24. The molecule has 6 aromatic rings. The number of anilines is 2. The van der Waals surface area contributed by atoms with Crippen molar-refractivity contribution in [3.8, 4) is 29.1 Å². The van der Waals surface area contributed by atoms with Crippen LogP contribution < -0.4 is 24.8 Å². The second-order valence-corrected chi connectivity index (χ2v) is 12.4. The lowest BCUT2D eigenvalue weighted by molar-refractivity contribution is -0.131. The number of ether oxygens (including phenoxy) is 4. The SMILES string of the molecule is COC(=O)c1ccc(C(=O)Nc2ccc(COc3ccc(C#Cc4ccc(OCc5ccc(NC(=O)c6ccc(OC(C)=O)cc6)cc5)cc4)cc3)cc2)cc1. The van der Waals surface area contributed by atoms with Gasteiger partial charge in [0.05, 0.1) is 12.7 Å². The molecule has 0 aromatic heterocycles. The van der Waals surface area contributed by atoms with Crippen LogP contribution in [0.4, 0.5) is 11.4 Å². The van der Waals surface area contributed by atoms with Crippen LogP contribution >= 0.6 is 0 Å². The quantitative estimate of drug-likeness (QED) is 0.0726. The van der Waals surface area contributed by atoms with Crippen LogP contribution in [0.1, 0.15) is 60.3 Å². The highest BCUT2D eigenvalue weighted by atomic mass is 16.5. The van der Waals surface area contributed by atoms with E-state index in [1.165, 1.54) is 14.0 Å². The second kappa shape index (κ2) is 18.4. The van der Waals surface area contributed by atoms with Crippen molar-refractivity contribution < 1.29 is 38.1 Å². The zero-order valence-corrected chi connectivity index (χ0v) is 30.5. The van der Waals surface area contributed by atoms with E-state index in [0.717, 1.165) is 22.3 Å². The van der Waals surface area contributed by atoms with Crippen molar-refractivity contribution in [2.24, 2.45) is 0 Å². The number of amides is 2. The Balaban J connectivity index is 0.918. The van der Waals surface area contributed by atoms with E-state index in [1.54, 1.807) is 60.7 Å². The van der Waals surface area contributed by atoms with E-state index in [4.69, 9.17) is 14.2 Å². The van der Waals surface area contributed by atoms with Crippen molar-refractivity contribution in [1.82, 2.24) is 0 Å². The largest absolute Gasteiger partial charge is 0.489 e. The molecule has 0 bridgehead atoms. The van der Waals surface area contributed by atoms with Crippen molar-refractivity contribution >= 4 is 35.1 Å². The molecule has 0 fully saturated rings. The van der Waals surface area contributed by atoms with Crippen LogP contribution in [0.25, 0.3) is 0 Å². The molecular weight excluding hydrogens is 709 g/mol. The average Bonchev–Trinajstić information content (AvgIpc) is 3.23. The van der Waals surface area contributed by atoms with E-state index in [-0.39, 0.29) is 11.8 Å². The van der Waals surface area contributed by atoms with E-state index in [2.05, 4.69) is 27.2 Å². The maximum Gasteiger partial charge on any atom is 0.337 e. The highest BCUT2D eigenvalue weighted by Gasteiger charge is 2.10. The molecule has 6 aromatic carbocycles. The van der Waals surface area contributed by atoms with Crippen LogP contribution in [-0.2, 0) is 22.7 Å². The summed E-state index contributed by atoms with van der Waals surface area (Å²) in [6.07, 6.45) is 0. The molecule has 10 heteroatoms. The molecule has 2 N–H and O–H groups in total. The molecular formula is C46H36N2O8. The fraction of sp³-hybridized carbons (Fsp3) is 0.0870. The highest BCUT2D eigenvalue weighted by Crippen LogP contribution is 2.19. The minimum atomic E-state index is -0.459. The van der Waals surface area contributed by atoms with Crippen LogP contribution in [0.5, 0.6) is 17.2 Å². The molecule has 0 atom stereocenters. The molecule has 0 aliphatic heterocycles. The van der Waals surface area contributed by atoms with Crippen molar-refractivity contribution in [1.29, 1.82) is 0 Å². The molecule has 0 radical (unpaired) electrons. The van der Waals surface area contributed by atoms with Crippen molar-refractivity contribution in [2.75, 3.05) is 17.7 Å². The van der Waals surface area contributed by atoms with E-state index < -0.39 is 11.9 Å². The zero-order chi connectivity index (χ0) is 39.3. The monoisotopic (exact) mass is 744 g/mol. The molecule has 0 unspecified atom stereocenters. The first kappa shape index (κ1) is 38.1. The molecule has 278 valence electrons. The molecule has 0 spiro atoms. The Hall–Kier alpha value is -7.64. The molecule has 0 aliphatic rings. The van der Waals surface area contributed by atoms with Crippen LogP contribution in [-0.4, -0.2) is 30.9 Å². The van der Waals surface area contributed by atoms with Gasteiger partial charge in [0.2, 0.25) is 0 Å². The van der Waals surface area contributed by atoms with Gasteiger partial charge < -0.3 is 29.6 Å². The Morgan fingerprint density at radius 2 is 0.857 bits per heavy atom. The predicted octanol–water partition coefficient (Wildman–Crippen LogP) is 8.46. The minimum absolute atomic E-state index is 0.275. The lowest BCUT2D eigenvalue weighted by Gasteiger charge is -2.09.